The van der Waals surface area contributed by atoms with E-state index < -0.39 is 0 Å². The number of hydrogen-bond acceptors (Lipinski definition) is 2. The number of carbonyl (C=O) groups is 1. The lowest BCUT2D eigenvalue weighted by Gasteiger charge is -2.26. The van der Waals surface area contributed by atoms with Crippen molar-refractivity contribution in [3.05, 3.63) is 39.4 Å². The van der Waals surface area contributed by atoms with Crippen molar-refractivity contribution in [2.75, 3.05) is 0 Å². The third-order valence-corrected chi connectivity index (χ3v) is 4.82. The largest absolute Gasteiger partial charge is 0.370 e. The van der Waals surface area contributed by atoms with Gasteiger partial charge in [-0.25, -0.2) is 0 Å². The molecule has 2 nitrogen and oxygen atoms in total. The first kappa shape index (κ1) is 14.1. The van der Waals surface area contributed by atoms with Crippen molar-refractivity contribution in [2.45, 2.75) is 44.8 Å². The molecule has 2 heterocycles. The molecule has 1 aromatic rings. The van der Waals surface area contributed by atoms with Gasteiger partial charge in [-0.15, -0.1) is 0 Å². The van der Waals surface area contributed by atoms with Crippen LogP contribution in [0.25, 0.3) is 5.57 Å². The predicted octanol–water partition coefficient (Wildman–Crippen LogP) is 4.68. The summed E-state index contributed by atoms with van der Waals surface area (Å²) >= 11 is 12.1. The number of ether oxygens (including phenoxy) is 1. The molecule has 1 aromatic carbocycles. The van der Waals surface area contributed by atoms with Crippen molar-refractivity contribution in [2.24, 2.45) is 0 Å². The van der Waals surface area contributed by atoms with Crippen LogP contribution >= 0.6 is 23.2 Å². The molecule has 1 fully saturated rings. The van der Waals surface area contributed by atoms with Gasteiger partial charge in [0, 0.05) is 12.0 Å². The van der Waals surface area contributed by atoms with E-state index in [0.29, 0.717) is 16.5 Å². The fraction of sp³-hybridized carbons (Fsp3) is 0.438. The fourth-order valence-corrected chi connectivity index (χ4v) is 3.39. The van der Waals surface area contributed by atoms with Crippen molar-refractivity contribution in [3.8, 4) is 0 Å². The fourth-order valence-electron chi connectivity index (χ4n) is 3.10. The van der Waals surface area contributed by atoms with Gasteiger partial charge in [-0.05, 0) is 42.5 Å². The second kappa shape index (κ2) is 5.51. The summed E-state index contributed by atoms with van der Waals surface area (Å²) in [6, 6.07) is 5.59. The minimum Gasteiger partial charge on any atom is -0.370 e. The maximum atomic E-state index is 12.3. The molecular weight excluding hydrogens is 295 g/mol. The van der Waals surface area contributed by atoms with Crippen molar-refractivity contribution < 1.29 is 9.53 Å². The molecule has 3 rings (SSSR count). The first-order valence-electron chi connectivity index (χ1n) is 6.97. The van der Waals surface area contributed by atoms with E-state index in [0.717, 1.165) is 36.0 Å². The minimum atomic E-state index is -0.0364. The van der Waals surface area contributed by atoms with Gasteiger partial charge in [0.15, 0.2) is 5.78 Å². The molecule has 20 heavy (non-hydrogen) atoms. The Morgan fingerprint density at radius 1 is 1.30 bits per heavy atom. The number of ketones is 1. The summed E-state index contributed by atoms with van der Waals surface area (Å²) in [7, 11) is 0. The summed E-state index contributed by atoms with van der Waals surface area (Å²) in [5, 5.41) is 1.06. The van der Waals surface area contributed by atoms with E-state index in [9.17, 15) is 4.79 Å². The molecule has 0 aliphatic carbocycles. The molecule has 2 bridgehead atoms. The van der Waals surface area contributed by atoms with Crippen molar-refractivity contribution in [1.29, 1.82) is 0 Å². The van der Waals surface area contributed by atoms with Gasteiger partial charge in [0.1, 0.15) is 0 Å². The van der Waals surface area contributed by atoms with Crippen LogP contribution in [0.15, 0.2) is 23.8 Å². The highest BCUT2D eigenvalue weighted by Crippen LogP contribution is 2.42. The van der Waals surface area contributed by atoms with Gasteiger partial charge in [-0.3, -0.25) is 4.79 Å². The van der Waals surface area contributed by atoms with Crippen LogP contribution in [-0.2, 0) is 9.53 Å². The average molecular weight is 311 g/mol. The summed E-state index contributed by atoms with van der Waals surface area (Å²) in [5.41, 5.74) is 2.94. The lowest BCUT2D eigenvalue weighted by molar-refractivity contribution is -0.116. The van der Waals surface area contributed by atoms with Gasteiger partial charge < -0.3 is 4.74 Å². The van der Waals surface area contributed by atoms with Gasteiger partial charge in [-0.2, -0.15) is 0 Å². The SMILES string of the molecule is CCC(=O)C1=C(c2ccc(Cl)c(Cl)c2)CC2CC[C@@H]1O2. The number of benzene rings is 1. The molecule has 4 heteroatoms. The van der Waals surface area contributed by atoms with Crippen molar-refractivity contribution >= 4 is 34.6 Å². The van der Waals surface area contributed by atoms with Gasteiger partial charge in [0.2, 0.25) is 0 Å². The number of halogens is 2. The molecule has 2 aliphatic rings. The molecule has 0 spiro atoms. The van der Waals surface area contributed by atoms with Crippen molar-refractivity contribution in [3.63, 3.8) is 0 Å². The molecule has 1 saturated heterocycles. The van der Waals surface area contributed by atoms with Crippen LogP contribution in [0.1, 0.15) is 38.2 Å². The lowest BCUT2D eigenvalue weighted by Crippen LogP contribution is -2.25. The van der Waals surface area contributed by atoms with Crippen LogP contribution in [0.3, 0.4) is 0 Å². The summed E-state index contributed by atoms with van der Waals surface area (Å²) in [4.78, 5) is 12.3. The number of hydrogen-bond donors (Lipinski definition) is 0. The highest BCUT2D eigenvalue weighted by molar-refractivity contribution is 6.42. The zero-order valence-electron chi connectivity index (χ0n) is 11.3. The van der Waals surface area contributed by atoms with Crippen LogP contribution in [-0.4, -0.2) is 18.0 Å². The van der Waals surface area contributed by atoms with Crippen LogP contribution in [0.4, 0.5) is 0 Å². The maximum absolute atomic E-state index is 12.3. The smallest absolute Gasteiger partial charge is 0.161 e. The molecule has 0 amide bonds. The highest BCUT2D eigenvalue weighted by atomic mass is 35.5. The third-order valence-electron chi connectivity index (χ3n) is 4.08. The predicted molar refractivity (Wildman–Crippen MR) is 81.2 cm³/mol. The van der Waals surface area contributed by atoms with E-state index >= 15 is 0 Å². The Hall–Kier alpha value is -0.830. The van der Waals surface area contributed by atoms with Crippen LogP contribution in [0.2, 0.25) is 10.0 Å². The molecule has 1 unspecified atom stereocenters. The normalized spacial score (nSPS) is 25.1. The molecule has 2 atom stereocenters. The summed E-state index contributed by atoms with van der Waals surface area (Å²) in [6.45, 7) is 1.89. The highest BCUT2D eigenvalue weighted by Gasteiger charge is 2.38. The Labute approximate surface area is 128 Å². The number of rotatable bonds is 3. The first-order chi connectivity index (χ1) is 9.60. The third kappa shape index (κ3) is 2.41. The van der Waals surface area contributed by atoms with Crippen LogP contribution in [0, 0.1) is 0 Å². The van der Waals surface area contributed by atoms with Crippen molar-refractivity contribution in [1.82, 2.24) is 0 Å². The number of carbonyl (C=O) groups excluding carboxylic acids is 1. The maximum Gasteiger partial charge on any atom is 0.161 e. The Bertz CT molecular complexity index is 592. The quantitative estimate of drug-likeness (QED) is 0.810. The summed E-state index contributed by atoms with van der Waals surface area (Å²) in [6.07, 6.45) is 3.45. The Morgan fingerprint density at radius 2 is 2.10 bits per heavy atom. The topological polar surface area (TPSA) is 26.3 Å². The molecule has 106 valence electrons. The van der Waals surface area contributed by atoms with Gasteiger partial charge >= 0.3 is 0 Å². The van der Waals surface area contributed by atoms with E-state index in [2.05, 4.69) is 0 Å². The molecule has 0 aromatic heterocycles. The molecule has 0 radical (unpaired) electrons. The van der Waals surface area contributed by atoms with Gasteiger partial charge in [0.25, 0.3) is 0 Å². The monoisotopic (exact) mass is 310 g/mol. The summed E-state index contributed by atoms with van der Waals surface area (Å²) < 4.78 is 5.90. The number of Topliss-reactive ketones (excluding diaryl/α,β-unsaturated/α-hetero) is 1. The van der Waals surface area contributed by atoms with E-state index in [1.807, 2.05) is 19.1 Å². The van der Waals surface area contributed by atoms with E-state index in [-0.39, 0.29) is 18.0 Å². The molecular formula is C16H16Cl2O2. The number of fused-ring (bicyclic) bond motifs is 2. The second-order valence-corrected chi connectivity index (χ2v) is 6.14. The van der Waals surface area contributed by atoms with E-state index in [1.54, 1.807) is 6.07 Å². The standard InChI is InChI=1S/C16H16Cl2O2/c1-2-14(19)16-11(8-10-4-6-15(16)20-10)9-3-5-12(17)13(18)7-9/h3,5,7,10,15H,2,4,6,8H2,1H3/t10?,15-/m0/s1. The van der Waals surface area contributed by atoms with Gasteiger partial charge in [0.05, 0.1) is 22.3 Å². The Morgan fingerprint density at radius 3 is 2.80 bits per heavy atom. The Balaban J connectivity index is 2.10. The molecule has 0 N–H and O–H groups in total. The van der Waals surface area contributed by atoms with E-state index in [1.165, 1.54) is 0 Å². The van der Waals surface area contributed by atoms with E-state index in [4.69, 9.17) is 27.9 Å². The first-order valence-corrected chi connectivity index (χ1v) is 7.73. The zero-order chi connectivity index (χ0) is 14.3. The van der Waals surface area contributed by atoms with Crippen LogP contribution in [0.5, 0.6) is 0 Å². The molecule has 2 aliphatic heterocycles. The Kier molecular flexibility index (Phi) is 3.89. The second-order valence-electron chi connectivity index (χ2n) is 5.33. The minimum absolute atomic E-state index is 0.0364. The molecule has 0 saturated carbocycles. The summed E-state index contributed by atoms with van der Waals surface area (Å²) in [5.74, 6) is 0.177. The average Bonchev–Trinajstić information content (AvgIpc) is 2.82. The van der Waals surface area contributed by atoms with Gasteiger partial charge in [-0.1, -0.05) is 36.2 Å². The zero-order valence-corrected chi connectivity index (χ0v) is 12.8. The van der Waals surface area contributed by atoms with Crippen LogP contribution < -0.4 is 0 Å². The lowest BCUT2D eigenvalue weighted by atomic mass is 9.89.